The standard InChI is InChI=1S/C11H12N8O2/c1-12-9-15-10(18-3-2-13-6-18)17-11(16-9)19-4-7(20)14-8(21)5-19/h2-3,6H,4-5H2,1H3,(H,14,20,21)(H,12,15,16,17). The third kappa shape index (κ3) is 2.63. The number of rotatable bonds is 3. The van der Waals surface area contributed by atoms with E-state index in [2.05, 4.69) is 30.6 Å². The van der Waals surface area contributed by atoms with Crippen LogP contribution in [-0.2, 0) is 9.59 Å². The molecule has 2 aromatic rings. The number of amides is 2. The molecule has 0 spiro atoms. The zero-order chi connectivity index (χ0) is 14.8. The molecule has 1 saturated heterocycles. The highest BCUT2D eigenvalue weighted by molar-refractivity contribution is 6.02. The van der Waals surface area contributed by atoms with Crippen LogP contribution in [0.2, 0.25) is 0 Å². The van der Waals surface area contributed by atoms with Crippen LogP contribution in [0.25, 0.3) is 5.95 Å². The molecule has 2 aromatic heterocycles. The van der Waals surface area contributed by atoms with E-state index in [0.29, 0.717) is 11.9 Å². The molecule has 2 N–H and O–H groups in total. The van der Waals surface area contributed by atoms with Gasteiger partial charge in [0.05, 0.1) is 0 Å². The van der Waals surface area contributed by atoms with Crippen LogP contribution in [0.15, 0.2) is 18.7 Å². The van der Waals surface area contributed by atoms with Crippen molar-refractivity contribution in [3.8, 4) is 5.95 Å². The Hall–Kier alpha value is -3.04. The minimum Gasteiger partial charge on any atom is -0.357 e. The Morgan fingerprint density at radius 1 is 1.14 bits per heavy atom. The fourth-order valence-electron chi connectivity index (χ4n) is 1.88. The molecule has 10 heteroatoms. The molecule has 3 heterocycles. The molecule has 0 aromatic carbocycles. The summed E-state index contributed by atoms with van der Waals surface area (Å²) in [7, 11) is 1.67. The average molecular weight is 288 g/mol. The van der Waals surface area contributed by atoms with E-state index in [0.717, 1.165) is 0 Å². The van der Waals surface area contributed by atoms with Crippen molar-refractivity contribution in [2.45, 2.75) is 0 Å². The number of imide groups is 1. The van der Waals surface area contributed by atoms with Crippen LogP contribution in [0.4, 0.5) is 11.9 Å². The zero-order valence-electron chi connectivity index (χ0n) is 11.1. The van der Waals surface area contributed by atoms with Crippen molar-refractivity contribution in [2.75, 3.05) is 30.4 Å². The lowest BCUT2D eigenvalue weighted by Gasteiger charge is -2.25. The maximum absolute atomic E-state index is 11.4. The van der Waals surface area contributed by atoms with Gasteiger partial charge in [-0.1, -0.05) is 0 Å². The van der Waals surface area contributed by atoms with Crippen molar-refractivity contribution in [2.24, 2.45) is 0 Å². The second-order valence-corrected chi connectivity index (χ2v) is 4.31. The molecule has 108 valence electrons. The van der Waals surface area contributed by atoms with E-state index in [1.165, 1.54) is 4.90 Å². The smallest absolute Gasteiger partial charge is 0.246 e. The Labute approximate surface area is 119 Å². The average Bonchev–Trinajstić information content (AvgIpc) is 3.00. The topological polar surface area (TPSA) is 118 Å². The van der Waals surface area contributed by atoms with Crippen LogP contribution < -0.4 is 15.5 Å². The summed E-state index contributed by atoms with van der Waals surface area (Å²) in [5, 5.41) is 5.05. The first kappa shape index (κ1) is 13.0. The van der Waals surface area contributed by atoms with Crippen molar-refractivity contribution in [3.05, 3.63) is 18.7 Å². The quantitative estimate of drug-likeness (QED) is 0.659. The van der Waals surface area contributed by atoms with Gasteiger partial charge in [-0.05, 0) is 0 Å². The van der Waals surface area contributed by atoms with Crippen LogP contribution >= 0.6 is 0 Å². The highest BCUT2D eigenvalue weighted by atomic mass is 16.2. The minimum atomic E-state index is -0.387. The predicted octanol–water partition coefficient (Wildman–Crippen LogP) is -1.44. The summed E-state index contributed by atoms with van der Waals surface area (Å²) in [4.78, 5) is 41.0. The molecule has 2 amide bonds. The van der Waals surface area contributed by atoms with Crippen molar-refractivity contribution in [3.63, 3.8) is 0 Å². The molecule has 3 rings (SSSR count). The highest BCUT2D eigenvalue weighted by Crippen LogP contribution is 2.14. The van der Waals surface area contributed by atoms with E-state index in [4.69, 9.17) is 0 Å². The molecule has 0 atom stereocenters. The fourth-order valence-corrected chi connectivity index (χ4v) is 1.88. The van der Waals surface area contributed by atoms with Crippen LogP contribution in [-0.4, -0.2) is 56.5 Å². The van der Waals surface area contributed by atoms with Crippen molar-refractivity contribution in [1.82, 2.24) is 29.8 Å². The Kier molecular flexibility index (Phi) is 3.18. The molecular weight excluding hydrogens is 276 g/mol. The number of carbonyl (C=O) groups is 2. The summed E-state index contributed by atoms with van der Waals surface area (Å²) in [5.41, 5.74) is 0. The van der Waals surface area contributed by atoms with E-state index >= 15 is 0 Å². The van der Waals surface area contributed by atoms with Gasteiger partial charge in [-0.2, -0.15) is 15.0 Å². The summed E-state index contributed by atoms with van der Waals surface area (Å²) < 4.78 is 1.61. The van der Waals surface area contributed by atoms with E-state index in [-0.39, 0.29) is 30.9 Å². The summed E-state index contributed by atoms with van der Waals surface area (Å²) in [6.07, 6.45) is 4.83. The number of hydrogen-bond donors (Lipinski definition) is 2. The SMILES string of the molecule is CNc1nc(N2CC(=O)NC(=O)C2)nc(-n2ccnc2)n1. The van der Waals surface area contributed by atoms with Gasteiger partial charge in [-0.25, -0.2) is 4.98 Å². The number of anilines is 2. The van der Waals surface area contributed by atoms with Crippen molar-refractivity contribution < 1.29 is 9.59 Å². The van der Waals surface area contributed by atoms with Gasteiger partial charge < -0.3 is 10.2 Å². The molecule has 10 nitrogen and oxygen atoms in total. The molecule has 1 aliphatic rings. The molecule has 0 unspecified atom stereocenters. The number of imidazole rings is 1. The zero-order valence-corrected chi connectivity index (χ0v) is 11.1. The number of nitrogens with zero attached hydrogens (tertiary/aromatic N) is 6. The summed E-state index contributed by atoms with van der Waals surface area (Å²) in [6, 6.07) is 0. The Balaban J connectivity index is 2.00. The third-order valence-corrected chi connectivity index (χ3v) is 2.80. The molecule has 0 aliphatic carbocycles. The van der Waals surface area contributed by atoms with E-state index in [9.17, 15) is 9.59 Å². The molecule has 1 fully saturated rings. The maximum Gasteiger partial charge on any atom is 0.246 e. The minimum absolute atomic E-state index is 0.0161. The van der Waals surface area contributed by atoms with Gasteiger partial charge in [-0.3, -0.25) is 19.5 Å². The fraction of sp³-hybridized carbons (Fsp3) is 0.273. The van der Waals surface area contributed by atoms with E-state index in [1.54, 1.807) is 30.3 Å². The number of aromatic nitrogens is 5. The third-order valence-electron chi connectivity index (χ3n) is 2.80. The normalized spacial score (nSPS) is 15.0. The first-order valence-corrected chi connectivity index (χ1v) is 6.15. The predicted molar refractivity (Wildman–Crippen MR) is 71.9 cm³/mol. The largest absolute Gasteiger partial charge is 0.357 e. The highest BCUT2D eigenvalue weighted by Gasteiger charge is 2.25. The molecule has 0 bridgehead atoms. The lowest BCUT2D eigenvalue weighted by Crippen LogP contribution is -2.52. The number of piperazine rings is 1. The number of hydrogen-bond acceptors (Lipinski definition) is 8. The molecule has 0 saturated carbocycles. The summed E-state index contributed by atoms with van der Waals surface area (Å²) in [5.74, 6) is 0.160. The Bertz CT molecular complexity index is 668. The first-order chi connectivity index (χ1) is 10.2. The maximum atomic E-state index is 11.4. The van der Waals surface area contributed by atoms with Crippen LogP contribution in [0.3, 0.4) is 0 Å². The first-order valence-electron chi connectivity index (χ1n) is 6.15. The number of nitrogens with one attached hydrogen (secondary N) is 2. The van der Waals surface area contributed by atoms with Crippen molar-refractivity contribution >= 4 is 23.7 Å². The van der Waals surface area contributed by atoms with Gasteiger partial charge in [0.1, 0.15) is 19.4 Å². The van der Waals surface area contributed by atoms with Gasteiger partial charge in [0.15, 0.2) is 0 Å². The number of carbonyl (C=O) groups excluding carboxylic acids is 2. The summed E-state index contributed by atoms with van der Waals surface area (Å²) in [6.45, 7) is 0.0323. The van der Waals surface area contributed by atoms with Crippen LogP contribution in [0.5, 0.6) is 0 Å². The van der Waals surface area contributed by atoms with Gasteiger partial charge in [0.25, 0.3) is 0 Å². The molecule has 1 aliphatic heterocycles. The second kappa shape index (κ2) is 5.15. The van der Waals surface area contributed by atoms with Gasteiger partial charge in [0.2, 0.25) is 29.7 Å². The summed E-state index contributed by atoms with van der Waals surface area (Å²) >= 11 is 0. The Morgan fingerprint density at radius 2 is 1.86 bits per heavy atom. The Morgan fingerprint density at radius 3 is 2.48 bits per heavy atom. The molecule has 0 radical (unpaired) electrons. The van der Waals surface area contributed by atoms with Crippen LogP contribution in [0.1, 0.15) is 0 Å². The van der Waals surface area contributed by atoms with E-state index < -0.39 is 0 Å². The van der Waals surface area contributed by atoms with Gasteiger partial charge in [-0.15, -0.1) is 0 Å². The van der Waals surface area contributed by atoms with Gasteiger partial charge >= 0.3 is 0 Å². The monoisotopic (exact) mass is 288 g/mol. The van der Waals surface area contributed by atoms with Gasteiger partial charge in [0, 0.05) is 19.4 Å². The second-order valence-electron chi connectivity index (χ2n) is 4.31. The lowest BCUT2D eigenvalue weighted by molar-refractivity contribution is -0.130. The van der Waals surface area contributed by atoms with E-state index in [1.807, 2.05) is 0 Å². The van der Waals surface area contributed by atoms with Crippen molar-refractivity contribution in [1.29, 1.82) is 0 Å². The lowest BCUT2D eigenvalue weighted by atomic mass is 10.3. The molecular formula is C11H12N8O2. The molecule has 21 heavy (non-hydrogen) atoms. The van der Waals surface area contributed by atoms with Crippen LogP contribution in [0, 0.1) is 0 Å².